The summed E-state index contributed by atoms with van der Waals surface area (Å²) in [5.74, 6) is -0.122. The van der Waals surface area contributed by atoms with Crippen LogP contribution in [0.15, 0.2) is 24.3 Å². The van der Waals surface area contributed by atoms with Crippen molar-refractivity contribution in [3.63, 3.8) is 0 Å². The van der Waals surface area contributed by atoms with Gasteiger partial charge >= 0.3 is 0 Å². The van der Waals surface area contributed by atoms with E-state index in [4.69, 9.17) is 5.73 Å². The quantitative estimate of drug-likeness (QED) is 0.862. The maximum absolute atomic E-state index is 11.9. The molecule has 1 aliphatic heterocycles. The topological polar surface area (TPSA) is 75.4 Å². The zero-order valence-corrected chi connectivity index (χ0v) is 11.1. The monoisotopic (exact) mass is 261 g/mol. The molecule has 2 rings (SSSR count). The number of nitrogens with zero attached hydrogens (tertiary/aromatic N) is 1. The molecule has 5 heteroatoms. The lowest BCUT2D eigenvalue weighted by molar-refractivity contribution is -0.118. The smallest absolute Gasteiger partial charge is 0.241 e. The largest absolute Gasteiger partial charge is 0.323 e. The molecule has 0 spiro atoms. The fraction of sp³-hybridized carbons (Fsp3) is 0.429. The van der Waals surface area contributed by atoms with Gasteiger partial charge in [-0.05, 0) is 25.0 Å². The first-order chi connectivity index (χ1) is 9.13. The second-order valence-corrected chi connectivity index (χ2v) is 4.67. The lowest BCUT2D eigenvalue weighted by atomic mass is 10.2. The minimum absolute atomic E-state index is 0.0986. The standard InChI is InChI=1S/C14H19N3O2/c1-2-10(15)14(19)16-11-6-3-4-7-12(11)17-9-5-8-13(17)18/h3-4,6-7,10H,2,5,8-9,15H2,1H3,(H,16,19). The number of anilines is 2. The first kappa shape index (κ1) is 13.5. The van der Waals surface area contributed by atoms with Crippen LogP contribution in [0.3, 0.4) is 0 Å². The Balaban J connectivity index is 2.21. The Kier molecular flexibility index (Phi) is 4.16. The van der Waals surface area contributed by atoms with Crippen LogP contribution in [0.25, 0.3) is 0 Å². The molecule has 1 fully saturated rings. The van der Waals surface area contributed by atoms with Crippen LogP contribution in [0.5, 0.6) is 0 Å². The van der Waals surface area contributed by atoms with Crippen LogP contribution in [0.1, 0.15) is 26.2 Å². The van der Waals surface area contributed by atoms with Crippen LogP contribution in [0.2, 0.25) is 0 Å². The normalized spacial score (nSPS) is 16.5. The fourth-order valence-electron chi connectivity index (χ4n) is 2.13. The molecule has 0 bridgehead atoms. The maximum atomic E-state index is 11.9. The summed E-state index contributed by atoms with van der Waals surface area (Å²) < 4.78 is 0. The van der Waals surface area contributed by atoms with Gasteiger partial charge in [-0.25, -0.2) is 0 Å². The highest BCUT2D eigenvalue weighted by Gasteiger charge is 2.24. The SMILES string of the molecule is CCC(N)C(=O)Nc1ccccc1N1CCCC1=O. The lowest BCUT2D eigenvalue weighted by Crippen LogP contribution is -2.35. The number of para-hydroxylation sites is 2. The molecule has 1 heterocycles. The third kappa shape index (κ3) is 2.93. The summed E-state index contributed by atoms with van der Waals surface area (Å²) in [7, 11) is 0. The van der Waals surface area contributed by atoms with E-state index >= 15 is 0 Å². The summed E-state index contributed by atoms with van der Waals surface area (Å²) in [5, 5.41) is 2.80. The summed E-state index contributed by atoms with van der Waals surface area (Å²) in [6.45, 7) is 2.56. The second-order valence-electron chi connectivity index (χ2n) is 4.67. The molecular weight excluding hydrogens is 242 g/mol. The van der Waals surface area contributed by atoms with Gasteiger partial charge in [-0.1, -0.05) is 19.1 Å². The number of carbonyl (C=O) groups excluding carboxylic acids is 2. The minimum Gasteiger partial charge on any atom is -0.323 e. The van der Waals surface area contributed by atoms with Crippen molar-refractivity contribution in [2.45, 2.75) is 32.2 Å². The molecule has 3 N–H and O–H groups in total. The first-order valence-electron chi connectivity index (χ1n) is 6.59. The number of nitrogens with two attached hydrogens (primary N) is 1. The molecular formula is C14H19N3O2. The molecule has 0 aromatic heterocycles. The Labute approximate surface area is 112 Å². The average Bonchev–Trinajstić information content (AvgIpc) is 2.84. The molecule has 1 saturated heterocycles. The van der Waals surface area contributed by atoms with E-state index in [1.54, 1.807) is 11.0 Å². The van der Waals surface area contributed by atoms with E-state index in [2.05, 4.69) is 5.32 Å². The number of benzene rings is 1. The molecule has 0 radical (unpaired) electrons. The first-order valence-corrected chi connectivity index (χ1v) is 6.59. The van der Waals surface area contributed by atoms with Crippen molar-refractivity contribution in [3.8, 4) is 0 Å². The van der Waals surface area contributed by atoms with E-state index in [0.717, 1.165) is 12.1 Å². The van der Waals surface area contributed by atoms with Crippen LogP contribution < -0.4 is 16.0 Å². The van der Waals surface area contributed by atoms with Gasteiger partial charge in [-0.15, -0.1) is 0 Å². The third-order valence-corrected chi connectivity index (χ3v) is 3.30. The highest BCUT2D eigenvalue weighted by atomic mass is 16.2. The zero-order chi connectivity index (χ0) is 13.8. The van der Waals surface area contributed by atoms with Gasteiger partial charge in [0.25, 0.3) is 0 Å². The molecule has 1 aromatic carbocycles. The molecule has 0 saturated carbocycles. The highest BCUT2D eigenvalue weighted by molar-refractivity contribution is 6.03. The molecule has 0 aliphatic carbocycles. The van der Waals surface area contributed by atoms with Gasteiger partial charge in [0, 0.05) is 13.0 Å². The van der Waals surface area contributed by atoms with E-state index in [0.29, 0.717) is 25.1 Å². The summed E-state index contributed by atoms with van der Waals surface area (Å²) in [6.07, 6.45) is 2.00. The fourth-order valence-corrected chi connectivity index (χ4v) is 2.13. The van der Waals surface area contributed by atoms with Gasteiger partial charge in [0.15, 0.2) is 0 Å². The number of rotatable bonds is 4. The van der Waals surface area contributed by atoms with E-state index < -0.39 is 6.04 Å². The Morgan fingerprint density at radius 1 is 1.47 bits per heavy atom. The van der Waals surface area contributed by atoms with Crippen LogP contribution in [0, 0.1) is 0 Å². The molecule has 102 valence electrons. The second kappa shape index (κ2) is 5.84. The van der Waals surface area contributed by atoms with Crippen molar-refractivity contribution < 1.29 is 9.59 Å². The van der Waals surface area contributed by atoms with Crippen molar-refractivity contribution >= 4 is 23.2 Å². The summed E-state index contributed by atoms with van der Waals surface area (Å²) in [6, 6.07) is 6.80. The predicted octanol–water partition coefficient (Wildman–Crippen LogP) is 1.49. The van der Waals surface area contributed by atoms with Gasteiger partial charge in [-0.3, -0.25) is 9.59 Å². The molecule has 1 aliphatic rings. The van der Waals surface area contributed by atoms with E-state index in [1.165, 1.54) is 0 Å². The Morgan fingerprint density at radius 3 is 2.84 bits per heavy atom. The summed E-state index contributed by atoms with van der Waals surface area (Å²) >= 11 is 0. The molecule has 19 heavy (non-hydrogen) atoms. The lowest BCUT2D eigenvalue weighted by Gasteiger charge is -2.20. The van der Waals surface area contributed by atoms with Crippen molar-refractivity contribution in [2.24, 2.45) is 5.73 Å². The molecule has 5 nitrogen and oxygen atoms in total. The molecule has 1 atom stereocenters. The van der Waals surface area contributed by atoms with E-state index in [9.17, 15) is 9.59 Å². The number of nitrogens with one attached hydrogen (secondary N) is 1. The Hall–Kier alpha value is -1.88. The zero-order valence-electron chi connectivity index (χ0n) is 11.1. The number of hydrogen-bond acceptors (Lipinski definition) is 3. The van der Waals surface area contributed by atoms with Gasteiger partial charge in [0.2, 0.25) is 11.8 Å². The van der Waals surface area contributed by atoms with E-state index in [1.807, 2.05) is 25.1 Å². The van der Waals surface area contributed by atoms with Crippen molar-refractivity contribution in [1.82, 2.24) is 0 Å². The van der Waals surface area contributed by atoms with Crippen molar-refractivity contribution in [3.05, 3.63) is 24.3 Å². The number of hydrogen-bond donors (Lipinski definition) is 2. The summed E-state index contributed by atoms with van der Waals surface area (Å²) in [5.41, 5.74) is 7.10. The van der Waals surface area contributed by atoms with Gasteiger partial charge in [0.05, 0.1) is 17.4 Å². The van der Waals surface area contributed by atoms with Crippen LogP contribution >= 0.6 is 0 Å². The van der Waals surface area contributed by atoms with Crippen molar-refractivity contribution in [1.29, 1.82) is 0 Å². The van der Waals surface area contributed by atoms with Crippen molar-refractivity contribution in [2.75, 3.05) is 16.8 Å². The Bertz CT molecular complexity index is 487. The van der Waals surface area contributed by atoms with Crippen LogP contribution in [-0.4, -0.2) is 24.4 Å². The van der Waals surface area contributed by atoms with Gasteiger partial charge in [0.1, 0.15) is 0 Å². The summed E-state index contributed by atoms with van der Waals surface area (Å²) in [4.78, 5) is 25.4. The number of carbonyl (C=O) groups is 2. The predicted molar refractivity (Wildman–Crippen MR) is 74.9 cm³/mol. The Morgan fingerprint density at radius 2 is 2.21 bits per heavy atom. The van der Waals surface area contributed by atoms with E-state index in [-0.39, 0.29) is 11.8 Å². The minimum atomic E-state index is -0.526. The van der Waals surface area contributed by atoms with Gasteiger partial charge < -0.3 is 16.0 Å². The van der Waals surface area contributed by atoms with Crippen LogP contribution in [0.4, 0.5) is 11.4 Å². The van der Waals surface area contributed by atoms with Crippen LogP contribution in [-0.2, 0) is 9.59 Å². The van der Waals surface area contributed by atoms with Gasteiger partial charge in [-0.2, -0.15) is 0 Å². The average molecular weight is 261 g/mol. The number of amides is 2. The molecule has 2 amide bonds. The molecule has 1 aromatic rings. The highest BCUT2D eigenvalue weighted by Crippen LogP contribution is 2.29. The third-order valence-electron chi connectivity index (χ3n) is 3.30. The molecule has 1 unspecified atom stereocenters. The maximum Gasteiger partial charge on any atom is 0.241 e.